The van der Waals surface area contributed by atoms with Crippen LogP contribution in [0.3, 0.4) is 0 Å². The third kappa shape index (κ3) is 5.78. The van der Waals surface area contributed by atoms with Crippen LogP contribution in [0.1, 0.15) is 112 Å². The molecule has 2 heterocycles. The number of piperidine rings is 1. The minimum absolute atomic E-state index is 0.00716. The number of likely N-dealkylation sites (tertiary alicyclic amines) is 1. The zero-order valence-corrected chi connectivity index (χ0v) is 29.8. The van der Waals surface area contributed by atoms with Crippen molar-refractivity contribution in [1.82, 2.24) is 4.90 Å². The monoisotopic (exact) mass is 643 g/mol. The van der Waals surface area contributed by atoms with Crippen molar-refractivity contribution in [2.24, 2.45) is 40.4 Å². The number of nitrogens with zero attached hydrogens (tertiary/aromatic N) is 1. The normalized spacial score (nSPS) is 39.7. The highest BCUT2D eigenvalue weighted by Gasteiger charge is 2.60. The van der Waals surface area contributed by atoms with Crippen LogP contribution >= 0.6 is 0 Å². The van der Waals surface area contributed by atoms with E-state index in [9.17, 15) is 9.59 Å². The quantitative estimate of drug-likeness (QED) is 0.243. The minimum atomic E-state index is -0.464. The predicted molar refractivity (Wildman–Crippen MR) is 183 cm³/mol. The average molecular weight is 644 g/mol. The van der Waals surface area contributed by atoms with Crippen molar-refractivity contribution in [3.05, 3.63) is 58.7 Å². The van der Waals surface area contributed by atoms with Gasteiger partial charge in [-0.15, -0.1) is 0 Å². The van der Waals surface area contributed by atoms with Crippen LogP contribution in [0.4, 0.5) is 4.79 Å². The first-order valence-electron chi connectivity index (χ1n) is 18.5. The first-order chi connectivity index (χ1) is 22.3. The molecule has 6 aliphatic rings. The van der Waals surface area contributed by atoms with Gasteiger partial charge in [0.1, 0.15) is 12.7 Å². The fourth-order valence-corrected chi connectivity index (χ4v) is 10.9. The largest absolute Gasteiger partial charge is 0.462 e. The molecule has 0 aromatic heterocycles. The molecule has 7 rings (SSSR count). The van der Waals surface area contributed by atoms with Crippen molar-refractivity contribution >= 4 is 12.1 Å². The Bertz CT molecular complexity index is 1440. The van der Waals surface area contributed by atoms with Crippen LogP contribution in [0, 0.1) is 40.4 Å². The van der Waals surface area contributed by atoms with Gasteiger partial charge >= 0.3 is 12.1 Å². The summed E-state index contributed by atoms with van der Waals surface area (Å²) >= 11 is 0. The molecular formula is C41H57NO5. The van der Waals surface area contributed by atoms with Gasteiger partial charge in [-0.1, -0.05) is 73.9 Å². The van der Waals surface area contributed by atoms with Crippen molar-refractivity contribution in [2.45, 2.75) is 137 Å². The van der Waals surface area contributed by atoms with Gasteiger partial charge in [-0.05, 0) is 114 Å². The number of rotatable bonds is 3. The lowest BCUT2D eigenvalue weighted by Crippen LogP contribution is -2.54. The van der Waals surface area contributed by atoms with E-state index in [2.05, 4.69) is 33.8 Å². The van der Waals surface area contributed by atoms with Crippen LogP contribution in [0.5, 0.6) is 0 Å². The van der Waals surface area contributed by atoms with Gasteiger partial charge in [-0.25, -0.2) is 4.79 Å². The molecule has 2 saturated heterocycles. The van der Waals surface area contributed by atoms with E-state index in [1.807, 2.05) is 56.0 Å². The third-order valence-electron chi connectivity index (χ3n) is 13.5. The number of esters is 1. The number of benzene rings is 1. The SMILES string of the molecule is CC1=C2C[C@H]3[C@@H](CC=C4C[C@@H](OC(=O)C(C)(C)C)CC[C@@]43C)[C@@H]2CC[C@@]2(C1)O[C@@H]1C[C@H](C)CN(C(=O)OCc3ccccc3)[C@H]1[C@H]2C. The molecule has 2 saturated carbocycles. The van der Waals surface area contributed by atoms with Crippen LogP contribution in [-0.4, -0.2) is 47.4 Å². The molecule has 1 aromatic carbocycles. The maximum atomic E-state index is 13.6. The Labute approximate surface area is 282 Å². The Balaban J connectivity index is 1.06. The molecule has 4 fully saturated rings. The van der Waals surface area contributed by atoms with E-state index in [1.165, 1.54) is 17.6 Å². The Morgan fingerprint density at radius 1 is 1.06 bits per heavy atom. The number of carbonyl (C=O) groups is 2. The molecule has 10 atom stereocenters. The summed E-state index contributed by atoms with van der Waals surface area (Å²) in [6.45, 7) is 16.4. The Morgan fingerprint density at radius 3 is 2.57 bits per heavy atom. The number of amides is 1. The van der Waals surface area contributed by atoms with Gasteiger partial charge in [0.15, 0.2) is 0 Å². The summed E-state index contributed by atoms with van der Waals surface area (Å²) in [7, 11) is 0. The van der Waals surface area contributed by atoms with Crippen molar-refractivity contribution in [1.29, 1.82) is 0 Å². The smallest absolute Gasteiger partial charge is 0.410 e. The van der Waals surface area contributed by atoms with Gasteiger partial charge in [0.05, 0.1) is 23.2 Å². The zero-order chi connectivity index (χ0) is 33.3. The molecule has 1 amide bonds. The lowest BCUT2D eigenvalue weighted by molar-refractivity contribution is -0.160. The number of allylic oxidation sites excluding steroid dienone is 2. The van der Waals surface area contributed by atoms with E-state index < -0.39 is 5.41 Å². The minimum Gasteiger partial charge on any atom is -0.462 e. The maximum Gasteiger partial charge on any atom is 0.410 e. The molecular weight excluding hydrogens is 586 g/mol. The number of carbonyl (C=O) groups excluding carboxylic acids is 2. The maximum absolute atomic E-state index is 13.6. The van der Waals surface area contributed by atoms with Gasteiger partial charge in [0, 0.05) is 18.9 Å². The fourth-order valence-electron chi connectivity index (χ4n) is 10.9. The molecule has 4 aliphatic carbocycles. The molecule has 6 nitrogen and oxygen atoms in total. The second-order valence-corrected chi connectivity index (χ2v) is 17.5. The Hall–Kier alpha value is -2.60. The van der Waals surface area contributed by atoms with E-state index in [-0.39, 0.29) is 47.2 Å². The van der Waals surface area contributed by atoms with E-state index in [4.69, 9.17) is 14.2 Å². The molecule has 0 unspecified atom stereocenters. The summed E-state index contributed by atoms with van der Waals surface area (Å²) in [4.78, 5) is 28.3. The average Bonchev–Trinajstić information content (AvgIpc) is 3.49. The summed E-state index contributed by atoms with van der Waals surface area (Å²) in [5.41, 5.74) is 5.28. The van der Waals surface area contributed by atoms with Crippen LogP contribution < -0.4 is 0 Å². The van der Waals surface area contributed by atoms with Crippen molar-refractivity contribution < 1.29 is 23.8 Å². The highest BCUT2D eigenvalue weighted by molar-refractivity contribution is 5.75. The van der Waals surface area contributed by atoms with E-state index in [1.54, 1.807) is 5.57 Å². The summed E-state index contributed by atoms with van der Waals surface area (Å²) in [6.07, 6.45) is 11.9. The second-order valence-electron chi connectivity index (χ2n) is 17.5. The van der Waals surface area contributed by atoms with Gasteiger partial charge in [-0.3, -0.25) is 4.79 Å². The zero-order valence-electron chi connectivity index (χ0n) is 29.8. The lowest BCUT2D eigenvalue weighted by Gasteiger charge is -2.49. The Morgan fingerprint density at radius 2 is 1.83 bits per heavy atom. The molecule has 1 spiro atoms. The number of fused-ring (bicyclic) bond motifs is 6. The number of hydrogen-bond donors (Lipinski definition) is 0. The van der Waals surface area contributed by atoms with E-state index in [0.29, 0.717) is 30.3 Å². The molecule has 0 bridgehead atoms. The first kappa shape index (κ1) is 32.9. The lowest BCUT2D eigenvalue weighted by atomic mass is 9.56. The number of ether oxygens (including phenoxy) is 3. The van der Waals surface area contributed by atoms with Crippen LogP contribution in [0.25, 0.3) is 0 Å². The van der Waals surface area contributed by atoms with Gasteiger partial charge in [0.2, 0.25) is 0 Å². The fraction of sp³-hybridized carbons (Fsp3) is 0.707. The molecule has 0 radical (unpaired) electrons. The topological polar surface area (TPSA) is 65.1 Å². The molecule has 256 valence electrons. The summed E-state index contributed by atoms with van der Waals surface area (Å²) < 4.78 is 19.1. The molecule has 6 heteroatoms. The van der Waals surface area contributed by atoms with Gasteiger partial charge in [0.25, 0.3) is 0 Å². The molecule has 47 heavy (non-hydrogen) atoms. The van der Waals surface area contributed by atoms with Crippen molar-refractivity contribution in [3.8, 4) is 0 Å². The summed E-state index contributed by atoms with van der Waals surface area (Å²) in [6, 6.07) is 10.0. The van der Waals surface area contributed by atoms with Crippen molar-refractivity contribution in [3.63, 3.8) is 0 Å². The van der Waals surface area contributed by atoms with Gasteiger partial charge in [-0.2, -0.15) is 0 Å². The molecule has 0 N–H and O–H groups in total. The molecule has 1 aromatic rings. The molecule has 2 aliphatic heterocycles. The third-order valence-corrected chi connectivity index (χ3v) is 13.5. The first-order valence-corrected chi connectivity index (χ1v) is 18.5. The van der Waals surface area contributed by atoms with Crippen LogP contribution in [-0.2, 0) is 25.6 Å². The standard InChI is InChI=1S/C41H57NO5/c1-25-19-35-36(42(23-25)38(44)45-24-28-11-9-8-10-12-28)27(3)41(47-35)18-16-31-32-14-13-29-20-30(46-37(43)39(4,5)6)15-17-40(29,7)34(32)21-33(31)26(2)22-41/h8-13,25,27,30-32,34-36H,14-24H2,1-7H3/t25-,27+,30-,31-,32-,34-,35+,36-,40-,41-/m0/s1. The van der Waals surface area contributed by atoms with Gasteiger partial charge < -0.3 is 19.1 Å². The van der Waals surface area contributed by atoms with Crippen LogP contribution in [0.15, 0.2) is 53.1 Å². The van der Waals surface area contributed by atoms with E-state index in [0.717, 1.165) is 63.5 Å². The summed E-state index contributed by atoms with van der Waals surface area (Å²) in [5, 5.41) is 0. The predicted octanol–water partition coefficient (Wildman–Crippen LogP) is 9.04. The second kappa shape index (κ2) is 12.1. The van der Waals surface area contributed by atoms with E-state index >= 15 is 0 Å². The highest BCUT2D eigenvalue weighted by atomic mass is 16.6. The Kier molecular flexibility index (Phi) is 8.45. The van der Waals surface area contributed by atoms with Crippen molar-refractivity contribution in [2.75, 3.05) is 6.54 Å². The summed E-state index contributed by atoms with van der Waals surface area (Å²) in [5.74, 6) is 2.48. The van der Waals surface area contributed by atoms with Crippen LogP contribution in [0.2, 0.25) is 0 Å². The number of hydrogen-bond acceptors (Lipinski definition) is 5. The highest BCUT2D eigenvalue weighted by Crippen LogP contribution is 2.64.